The van der Waals surface area contributed by atoms with Crippen molar-refractivity contribution in [1.29, 1.82) is 0 Å². The van der Waals surface area contributed by atoms with Crippen LogP contribution in [0.5, 0.6) is 0 Å². The molecule has 0 saturated carbocycles. The Bertz CT molecular complexity index is 571. The van der Waals surface area contributed by atoms with Crippen molar-refractivity contribution in [3.63, 3.8) is 0 Å². The molecule has 0 heterocycles. The molecule has 0 bridgehead atoms. The lowest BCUT2D eigenvalue weighted by molar-refractivity contribution is 1.05. The van der Waals surface area contributed by atoms with E-state index in [0.717, 1.165) is 12.8 Å². The van der Waals surface area contributed by atoms with Crippen LogP contribution < -0.4 is 0 Å². The molecule has 0 aliphatic heterocycles. The molecule has 18 heavy (non-hydrogen) atoms. The third kappa shape index (κ3) is 2.28. The fourth-order valence-corrected chi connectivity index (χ4v) is 2.35. The van der Waals surface area contributed by atoms with Gasteiger partial charge >= 0.3 is 0 Å². The van der Waals surface area contributed by atoms with E-state index in [1.54, 1.807) is 0 Å². The van der Waals surface area contributed by atoms with Crippen molar-refractivity contribution in [1.82, 2.24) is 0 Å². The van der Waals surface area contributed by atoms with E-state index in [2.05, 4.69) is 72.8 Å². The standard InChI is InChI=1S/C18H16/c1-3-7-15(8-4-1)17-11-13-18(14-12-17)16-9-5-2-6-10-16/h1-5,7-9,11-14H,6,10H2. The normalized spacial score (nSPS) is 14.3. The van der Waals surface area contributed by atoms with Crippen LogP contribution in [0.1, 0.15) is 18.4 Å². The lowest BCUT2D eigenvalue weighted by Crippen LogP contribution is -1.88. The molecule has 0 N–H and O–H groups in total. The van der Waals surface area contributed by atoms with Gasteiger partial charge in [0.2, 0.25) is 0 Å². The molecular weight excluding hydrogens is 216 g/mol. The molecular formula is C18H16. The lowest BCUT2D eigenvalue weighted by atomic mass is 9.95. The third-order valence-electron chi connectivity index (χ3n) is 3.38. The Hall–Kier alpha value is -2.08. The number of hydrogen-bond acceptors (Lipinski definition) is 0. The van der Waals surface area contributed by atoms with Gasteiger partial charge in [-0.25, -0.2) is 0 Å². The van der Waals surface area contributed by atoms with E-state index in [-0.39, 0.29) is 0 Å². The molecule has 0 heteroatoms. The largest absolute Gasteiger partial charge is 0.0842 e. The topological polar surface area (TPSA) is 0 Å². The molecule has 2 aromatic carbocycles. The van der Waals surface area contributed by atoms with Gasteiger partial charge in [-0.15, -0.1) is 0 Å². The first kappa shape index (κ1) is 11.0. The van der Waals surface area contributed by atoms with Gasteiger partial charge in [0, 0.05) is 0 Å². The minimum atomic E-state index is 1.15. The van der Waals surface area contributed by atoms with Crippen LogP contribution >= 0.6 is 0 Å². The van der Waals surface area contributed by atoms with Crippen LogP contribution in [0.3, 0.4) is 0 Å². The van der Waals surface area contributed by atoms with Gasteiger partial charge < -0.3 is 0 Å². The monoisotopic (exact) mass is 232 g/mol. The predicted molar refractivity (Wildman–Crippen MR) is 78.2 cm³/mol. The van der Waals surface area contributed by atoms with E-state index in [1.165, 1.54) is 22.3 Å². The fraction of sp³-hybridized carbons (Fsp3) is 0.111. The van der Waals surface area contributed by atoms with Gasteiger partial charge in [-0.2, -0.15) is 0 Å². The number of allylic oxidation sites excluding steroid dienone is 4. The first-order valence-corrected chi connectivity index (χ1v) is 6.45. The highest BCUT2D eigenvalue weighted by atomic mass is 14.1. The maximum Gasteiger partial charge on any atom is -0.0184 e. The Morgan fingerprint density at radius 2 is 1.33 bits per heavy atom. The van der Waals surface area contributed by atoms with E-state index in [1.807, 2.05) is 0 Å². The lowest BCUT2D eigenvalue weighted by Gasteiger charge is -2.10. The van der Waals surface area contributed by atoms with Crippen molar-refractivity contribution in [2.24, 2.45) is 0 Å². The van der Waals surface area contributed by atoms with Crippen molar-refractivity contribution >= 4 is 5.57 Å². The van der Waals surface area contributed by atoms with Gasteiger partial charge in [-0.3, -0.25) is 0 Å². The molecule has 0 aromatic heterocycles. The molecule has 0 unspecified atom stereocenters. The Labute approximate surface area is 108 Å². The maximum absolute atomic E-state index is 2.23. The molecule has 0 atom stereocenters. The van der Waals surface area contributed by atoms with E-state index < -0.39 is 0 Å². The summed E-state index contributed by atoms with van der Waals surface area (Å²) in [6.45, 7) is 0. The zero-order valence-electron chi connectivity index (χ0n) is 10.3. The average molecular weight is 232 g/mol. The van der Waals surface area contributed by atoms with E-state index in [4.69, 9.17) is 0 Å². The van der Waals surface area contributed by atoms with Crippen LogP contribution in [0.4, 0.5) is 0 Å². The van der Waals surface area contributed by atoms with Crippen LogP contribution in [0.15, 0.2) is 72.8 Å². The molecule has 0 nitrogen and oxygen atoms in total. The van der Waals surface area contributed by atoms with E-state index in [0.29, 0.717) is 0 Å². The number of hydrogen-bond donors (Lipinski definition) is 0. The summed E-state index contributed by atoms with van der Waals surface area (Å²) >= 11 is 0. The minimum absolute atomic E-state index is 1.15. The van der Waals surface area contributed by atoms with Crippen molar-refractivity contribution < 1.29 is 0 Å². The van der Waals surface area contributed by atoms with Gasteiger partial charge in [0.25, 0.3) is 0 Å². The van der Waals surface area contributed by atoms with Gasteiger partial charge in [-0.1, -0.05) is 72.8 Å². The summed E-state index contributed by atoms with van der Waals surface area (Å²) in [5.74, 6) is 0. The average Bonchev–Trinajstić information content (AvgIpc) is 2.49. The second-order valence-corrected chi connectivity index (χ2v) is 4.60. The summed E-state index contributed by atoms with van der Waals surface area (Å²) in [7, 11) is 0. The van der Waals surface area contributed by atoms with Crippen LogP contribution in [0.2, 0.25) is 0 Å². The summed E-state index contributed by atoms with van der Waals surface area (Å²) in [4.78, 5) is 0. The quantitative estimate of drug-likeness (QED) is 0.676. The highest BCUT2D eigenvalue weighted by molar-refractivity contribution is 5.71. The Kier molecular flexibility index (Phi) is 3.10. The third-order valence-corrected chi connectivity index (χ3v) is 3.38. The molecule has 0 radical (unpaired) electrons. The zero-order valence-corrected chi connectivity index (χ0v) is 10.3. The van der Waals surface area contributed by atoms with Crippen molar-refractivity contribution in [2.45, 2.75) is 12.8 Å². The minimum Gasteiger partial charge on any atom is -0.0842 e. The highest BCUT2D eigenvalue weighted by Crippen LogP contribution is 2.26. The van der Waals surface area contributed by atoms with Crippen LogP contribution in [0.25, 0.3) is 16.7 Å². The molecule has 1 aliphatic carbocycles. The van der Waals surface area contributed by atoms with Gasteiger partial charge in [0.05, 0.1) is 0 Å². The van der Waals surface area contributed by atoms with Crippen molar-refractivity contribution in [3.05, 3.63) is 78.4 Å². The summed E-state index contributed by atoms with van der Waals surface area (Å²) in [6.07, 6.45) is 8.92. The molecule has 88 valence electrons. The first-order valence-electron chi connectivity index (χ1n) is 6.45. The molecule has 0 saturated heterocycles. The second-order valence-electron chi connectivity index (χ2n) is 4.60. The fourth-order valence-electron chi connectivity index (χ4n) is 2.35. The van der Waals surface area contributed by atoms with Crippen molar-refractivity contribution in [2.75, 3.05) is 0 Å². The Balaban J connectivity index is 1.90. The van der Waals surface area contributed by atoms with Gasteiger partial charge in [0.15, 0.2) is 0 Å². The molecule has 3 rings (SSSR count). The summed E-state index contributed by atoms with van der Waals surface area (Å²) < 4.78 is 0. The Morgan fingerprint density at radius 3 is 2.00 bits per heavy atom. The summed E-state index contributed by atoms with van der Waals surface area (Å²) in [5.41, 5.74) is 5.35. The highest BCUT2D eigenvalue weighted by Gasteiger charge is 2.03. The van der Waals surface area contributed by atoms with Gasteiger partial charge in [0.1, 0.15) is 0 Å². The number of rotatable bonds is 2. The summed E-state index contributed by atoms with van der Waals surface area (Å²) in [6, 6.07) is 19.4. The predicted octanol–water partition coefficient (Wildman–Crippen LogP) is 5.09. The smallest absolute Gasteiger partial charge is 0.0184 e. The molecule has 1 aliphatic rings. The second kappa shape index (κ2) is 5.05. The molecule has 0 amide bonds. The van der Waals surface area contributed by atoms with E-state index in [9.17, 15) is 0 Å². The SMILES string of the molecule is C1=CCCC(c2ccc(-c3ccccc3)cc2)=C1. The molecule has 0 fully saturated rings. The maximum atomic E-state index is 2.23. The molecule has 0 spiro atoms. The van der Waals surface area contributed by atoms with E-state index >= 15 is 0 Å². The van der Waals surface area contributed by atoms with Crippen LogP contribution in [0, 0.1) is 0 Å². The zero-order chi connectivity index (χ0) is 12.2. The van der Waals surface area contributed by atoms with Crippen molar-refractivity contribution in [3.8, 4) is 11.1 Å². The Morgan fingerprint density at radius 1 is 0.667 bits per heavy atom. The molecule has 2 aromatic rings. The first-order chi connectivity index (χ1) is 8.93. The van der Waals surface area contributed by atoms with Gasteiger partial charge in [-0.05, 0) is 35.1 Å². The van der Waals surface area contributed by atoms with Crippen LogP contribution in [-0.2, 0) is 0 Å². The van der Waals surface area contributed by atoms with Crippen LogP contribution in [-0.4, -0.2) is 0 Å². The number of benzene rings is 2. The summed E-state index contributed by atoms with van der Waals surface area (Å²) in [5, 5.41) is 0.